The minimum atomic E-state index is -2.17. The van der Waals surface area contributed by atoms with Crippen molar-refractivity contribution in [1.82, 2.24) is 4.98 Å². The van der Waals surface area contributed by atoms with Crippen LogP contribution in [0.4, 0.5) is 0 Å². The van der Waals surface area contributed by atoms with Crippen LogP contribution in [0, 0.1) is 46.6 Å². The van der Waals surface area contributed by atoms with Crippen molar-refractivity contribution in [3.05, 3.63) is 167 Å². The molecule has 0 fully saturated rings. The van der Waals surface area contributed by atoms with Crippen LogP contribution in [0.3, 0.4) is 0 Å². The first-order chi connectivity index (χ1) is 33.2. The van der Waals surface area contributed by atoms with Crippen LogP contribution < -0.4 is 0 Å². The standard InChI is InChI=1S/C66H65NSi2/c1-43(2)68(44(3)4,45(5)6)41-39-59-53-29-21-19-27-51(53)55(33-31-49-23-15-13-16-24-49)57-35-37-61-65(63(57)59)66-62(67-61)38-36-58-56(34-32-50-25-17-14-18-26-50)52-28-20-22-30-54(52)60(64(58)66)40-42-69(46(7)8,47(9)10)48(11)12/h13-30,35-38,43-48,67H,1-12H3. The molecule has 0 saturated heterocycles. The predicted molar refractivity (Wildman–Crippen MR) is 307 cm³/mol. The lowest BCUT2D eigenvalue weighted by Crippen LogP contribution is -2.43. The van der Waals surface area contributed by atoms with Crippen molar-refractivity contribution in [3.8, 4) is 46.6 Å². The van der Waals surface area contributed by atoms with Crippen LogP contribution in [0.2, 0.25) is 33.2 Å². The van der Waals surface area contributed by atoms with Crippen molar-refractivity contribution in [1.29, 1.82) is 0 Å². The second kappa shape index (κ2) is 19.0. The van der Waals surface area contributed by atoms with Gasteiger partial charge in [-0.2, -0.15) is 0 Å². The molecule has 3 heteroatoms. The molecule has 0 aliphatic heterocycles. The summed E-state index contributed by atoms with van der Waals surface area (Å²) in [5, 5.41) is 11.4. The van der Waals surface area contributed by atoms with Crippen LogP contribution in [0.5, 0.6) is 0 Å². The van der Waals surface area contributed by atoms with E-state index in [1.807, 2.05) is 12.1 Å². The Kier molecular flexibility index (Phi) is 13.0. The van der Waals surface area contributed by atoms with Crippen molar-refractivity contribution in [3.63, 3.8) is 0 Å². The summed E-state index contributed by atoms with van der Waals surface area (Å²) in [6, 6.07) is 47.5. The van der Waals surface area contributed by atoms with E-state index in [-0.39, 0.29) is 0 Å². The van der Waals surface area contributed by atoms with Gasteiger partial charge in [-0.3, -0.25) is 0 Å². The molecule has 8 aromatic carbocycles. The van der Waals surface area contributed by atoms with Gasteiger partial charge in [-0.05, 0) is 102 Å². The number of hydrogen-bond donors (Lipinski definition) is 1. The summed E-state index contributed by atoms with van der Waals surface area (Å²) in [7, 11) is -4.35. The molecule has 1 heterocycles. The Bertz CT molecular complexity index is 3420. The summed E-state index contributed by atoms with van der Waals surface area (Å²) < 4.78 is 0. The molecule has 0 aliphatic rings. The summed E-state index contributed by atoms with van der Waals surface area (Å²) in [4.78, 5) is 3.97. The van der Waals surface area contributed by atoms with Crippen LogP contribution in [-0.4, -0.2) is 21.1 Å². The van der Waals surface area contributed by atoms with E-state index in [0.29, 0.717) is 33.2 Å². The van der Waals surface area contributed by atoms with E-state index in [1.165, 1.54) is 0 Å². The molecule has 1 nitrogen and oxygen atoms in total. The molecule has 1 aromatic heterocycles. The lowest BCUT2D eigenvalue weighted by molar-refractivity contribution is 0.838. The van der Waals surface area contributed by atoms with E-state index >= 15 is 0 Å². The SMILES string of the molecule is CC(C)[Si](C#Cc1c2ccccc2c(C#Cc2ccccc2)c2ccc3[nH]c4ccc5c(C#Cc6ccccc6)c6ccccc6c(C#C[Si](C(C)C)(C(C)C)C(C)C)c5c4c3c12)(C(C)C)C(C)C. The van der Waals surface area contributed by atoms with Gasteiger partial charge in [-0.15, -0.1) is 11.1 Å². The monoisotopic (exact) mass is 927 g/mol. The maximum Gasteiger partial charge on any atom is 0.146 e. The van der Waals surface area contributed by atoms with Gasteiger partial charge in [-0.1, -0.05) is 216 Å². The summed E-state index contributed by atoms with van der Waals surface area (Å²) in [5.41, 5.74) is 19.6. The number of benzene rings is 8. The summed E-state index contributed by atoms with van der Waals surface area (Å²) in [6.45, 7) is 28.9. The largest absolute Gasteiger partial charge is 0.354 e. The number of aromatic amines is 1. The van der Waals surface area contributed by atoms with Gasteiger partial charge in [0.1, 0.15) is 16.1 Å². The molecular weight excluding hydrogens is 863 g/mol. The number of nitrogens with one attached hydrogen (secondary N) is 1. The molecule has 1 N–H and O–H groups in total. The highest BCUT2D eigenvalue weighted by molar-refractivity contribution is 6.91. The third-order valence-electron chi connectivity index (χ3n) is 15.7. The molecule has 0 saturated carbocycles. The van der Waals surface area contributed by atoms with Gasteiger partial charge in [-0.25, -0.2) is 0 Å². The van der Waals surface area contributed by atoms with Gasteiger partial charge in [0.05, 0.1) is 0 Å². The van der Waals surface area contributed by atoms with E-state index in [2.05, 4.69) is 256 Å². The third-order valence-corrected chi connectivity index (χ3v) is 28.2. The maximum atomic E-state index is 4.20. The first kappa shape index (κ1) is 47.3. The zero-order valence-corrected chi connectivity index (χ0v) is 44.7. The average Bonchev–Trinajstić information content (AvgIpc) is 3.72. The fourth-order valence-corrected chi connectivity index (χ4v) is 22.9. The van der Waals surface area contributed by atoms with E-state index in [1.54, 1.807) is 0 Å². The van der Waals surface area contributed by atoms with Crippen molar-refractivity contribution in [2.75, 3.05) is 0 Å². The van der Waals surface area contributed by atoms with Crippen LogP contribution in [0.1, 0.15) is 116 Å². The molecule has 9 rings (SSSR count). The zero-order valence-electron chi connectivity index (χ0n) is 42.7. The first-order valence-corrected chi connectivity index (χ1v) is 29.7. The van der Waals surface area contributed by atoms with Crippen LogP contribution in [-0.2, 0) is 0 Å². The van der Waals surface area contributed by atoms with Gasteiger partial charge < -0.3 is 4.98 Å². The fraction of sp³-hybridized carbons (Fsp3) is 0.273. The molecule has 0 unspecified atom stereocenters. The Morgan fingerprint density at radius 3 is 0.913 bits per heavy atom. The van der Waals surface area contributed by atoms with Crippen molar-refractivity contribution < 1.29 is 0 Å². The van der Waals surface area contributed by atoms with E-state index in [4.69, 9.17) is 0 Å². The smallest absolute Gasteiger partial charge is 0.146 e. The average molecular weight is 928 g/mol. The predicted octanol–water partition coefficient (Wildman–Crippen LogP) is 17.9. The number of H-pyrrole nitrogens is 1. The van der Waals surface area contributed by atoms with E-state index in [0.717, 1.165) is 98.3 Å². The second-order valence-corrected chi connectivity index (χ2v) is 32.2. The third kappa shape index (κ3) is 8.08. The summed E-state index contributed by atoms with van der Waals surface area (Å²) >= 11 is 0. The molecule has 342 valence electrons. The number of rotatable bonds is 6. The number of aromatic nitrogens is 1. The number of fused-ring (bicyclic) bond motifs is 9. The topological polar surface area (TPSA) is 15.8 Å². The molecule has 0 aliphatic carbocycles. The molecular formula is C66H65NSi2. The van der Waals surface area contributed by atoms with Crippen molar-refractivity contribution >= 4 is 81.0 Å². The Balaban J connectivity index is 1.56. The highest BCUT2D eigenvalue weighted by Gasteiger charge is 2.43. The van der Waals surface area contributed by atoms with Crippen LogP contribution >= 0.6 is 0 Å². The van der Waals surface area contributed by atoms with Gasteiger partial charge >= 0.3 is 0 Å². The summed E-state index contributed by atoms with van der Waals surface area (Å²) in [5.74, 6) is 22.9. The molecule has 0 bridgehead atoms. The lowest BCUT2D eigenvalue weighted by atomic mass is 9.86. The molecule has 69 heavy (non-hydrogen) atoms. The molecule has 0 atom stereocenters. The second-order valence-electron chi connectivity index (χ2n) is 21.1. The Morgan fingerprint density at radius 2 is 0.594 bits per heavy atom. The normalized spacial score (nSPS) is 12.1. The number of hydrogen-bond acceptors (Lipinski definition) is 0. The van der Waals surface area contributed by atoms with Gasteiger partial charge in [0.25, 0.3) is 0 Å². The maximum absolute atomic E-state index is 4.20. The highest BCUT2D eigenvalue weighted by Crippen LogP contribution is 2.47. The van der Waals surface area contributed by atoms with Crippen molar-refractivity contribution in [2.24, 2.45) is 0 Å². The Morgan fingerprint density at radius 1 is 0.290 bits per heavy atom. The first-order valence-electron chi connectivity index (χ1n) is 25.2. The highest BCUT2D eigenvalue weighted by atomic mass is 28.3. The van der Waals surface area contributed by atoms with E-state index < -0.39 is 16.1 Å². The molecule has 9 aromatic rings. The van der Waals surface area contributed by atoms with Gasteiger partial charge in [0, 0.05) is 66.0 Å². The fourth-order valence-electron chi connectivity index (χ4n) is 12.5. The minimum absolute atomic E-state index is 0.485. The Labute approximate surface area is 413 Å². The quantitative estimate of drug-likeness (QED) is 0.0972. The summed E-state index contributed by atoms with van der Waals surface area (Å²) in [6.07, 6.45) is 0. The molecule has 0 radical (unpaired) electrons. The lowest BCUT2D eigenvalue weighted by Gasteiger charge is -2.38. The van der Waals surface area contributed by atoms with Gasteiger partial charge in [0.15, 0.2) is 0 Å². The van der Waals surface area contributed by atoms with Gasteiger partial charge in [0.2, 0.25) is 0 Å². The Hall–Kier alpha value is -6.73. The molecule has 0 amide bonds. The van der Waals surface area contributed by atoms with Crippen molar-refractivity contribution in [2.45, 2.75) is 116 Å². The van der Waals surface area contributed by atoms with Crippen LogP contribution in [0.15, 0.2) is 133 Å². The van der Waals surface area contributed by atoms with Crippen LogP contribution in [0.25, 0.3) is 64.9 Å². The zero-order chi connectivity index (χ0) is 48.8. The van der Waals surface area contributed by atoms with E-state index in [9.17, 15) is 0 Å². The molecule has 0 spiro atoms. The minimum Gasteiger partial charge on any atom is -0.354 e.